The summed E-state index contributed by atoms with van der Waals surface area (Å²) in [6, 6.07) is 14.8. The highest BCUT2D eigenvalue weighted by molar-refractivity contribution is 7.23. The van der Waals surface area contributed by atoms with Crippen molar-refractivity contribution >= 4 is 33.6 Å². The van der Waals surface area contributed by atoms with Crippen molar-refractivity contribution in [3.63, 3.8) is 0 Å². The molecule has 0 saturated carbocycles. The molecule has 2 aromatic heterocycles. The summed E-state index contributed by atoms with van der Waals surface area (Å²) in [5.74, 6) is 1.01. The molecule has 30 heavy (non-hydrogen) atoms. The van der Waals surface area contributed by atoms with Crippen LogP contribution in [0.15, 0.2) is 53.9 Å². The van der Waals surface area contributed by atoms with Gasteiger partial charge in [0.05, 0.1) is 35.2 Å². The summed E-state index contributed by atoms with van der Waals surface area (Å²) in [4.78, 5) is 9.71. The number of fused-ring (bicyclic) bond motifs is 1. The fourth-order valence-electron chi connectivity index (χ4n) is 3.09. The molecule has 4 rings (SSSR count). The predicted octanol–water partition coefficient (Wildman–Crippen LogP) is 4.70. The third-order valence-corrected chi connectivity index (χ3v) is 5.90. The standard InChI is InChI=1S/C22H17N5O2S/c1-13-19-21(30-20(13)16-6-4-3-5-15(16)10-23)22(25-12-24-19)27-26-11-14-7-8-18(29-2)17(28)9-14/h3-9,11-12,28H,1-2H3,(H,24,25,27). The largest absolute Gasteiger partial charge is 0.504 e. The Morgan fingerprint density at radius 3 is 2.83 bits per heavy atom. The van der Waals surface area contributed by atoms with Gasteiger partial charge in [0, 0.05) is 10.4 Å². The molecular weight excluding hydrogens is 398 g/mol. The van der Waals surface area contributed by atoms with Gasteiger partial charge in [-0.05, 0) is 42.3 Å². The number of aromatic nitrogens is 2. The minimum Gasteiger partial charge on any atom is -0.504 e. The van der Waals surface area contributed by atoms with E-state index in [0.717, 1.165) is 26.2 Å². The molecule has 2 N–H and O–H groups in total. The average molecular weight is 415 g/mol. The Balaban J connectivity index is 1.67. The molecule has 0 amide bonds. The number of nitriles is 1. The van der Waals surface area contributed by atoms with E-state index in [2.05, 4.69) is 26.6 Å². The lowest BCUT2D eigenvalue weighted by Gasteiger charge is -2.03. The molecule has 0 saturated heterocycles. The molecule has 0 atom stereocenters. The minimum atomic E-state index is 0.0422. The van der Waals surface area contributed by atoms with E-state index in [4.69, 9.17) is 4.74 Å². The summed E-state index contributed by atoms with van der Waals surface area (Å²) < 4.78 is 5.90. The number of hydrazone groups is 1. The quantitative estimate of drug-likeness (QED) is 0.362. The number of phenolic OH excluding ortho intramolecular Hbond substituents is 1. The second kappa shape index (κ2) is 8.19. The van der Waals surface area contributed by atoms with Crippen LogP contribution in [0.2, 0.25) is 0 Å². The van der Waals surface area contributed by atoms with Crippen LogP contribution >= 0.6 is 11.3 Å². The lowest BCUT2D eigenvalue weighted by atomic mass is 10.0. The van der Waals surface area contributed by atoms with E-state index in [1.54, 1.807) is 30.5 Å². The number of rotatable bonds is 5. The van der Waals surface area contributed by atoms with Crippen LogP contribution in [-0.4, -0.2) is 28.4 Å². The average Bonchev–Trinajstić information content (AvgIpc) is 3.11. The number of aromatic hydroxyl groups is 1. The number of ether oxygens (including phenoxy) is 1. The van der Waals surface area contributed by atoms with Gasteiger partial charge in [-0.2, -0.15) is 10.4 Å². The van der Waals surface area contributed by atoms with Crippen molar-refractivity contribution in [2.24, 2.45) is 5.10 Å². The second-order valence-electron chi connectivity index (χ2n) is 6.41. The normalized spacial score (nSPS) is 11.0. The fourth-order valence-corrected chi connectivity index (χ4v) is 4.33. The highest BCUT2D eigenvalue weighted by Crippen LogP contribution is 2.40. The van der Waals surface area contributed by atoms with Gasteiger partial charge in [0.25, 0.3) is 0 Å². The second-order valence-corrected chi connectivity index (χ2v) is 7.44. The first-order valence-corrected chi connectivity index (χ1v) is 9.83. The minimum absolute atomic E-state index is 0.0422. The lowest BCUT2D eigenvalue weighted by molar-refractivity contribution is 0.373. The van der Waals surface area contributed by atoms with Crippen molar-refractivity contribution in [3.05, 3.63) is 65.5 Å². The van der Waals surface area contributed by atoms with Gasteiger partial charge in [0.15, 0.2) is 17.3 Å². The van der Waals surface area contributed by atoms with Gasteiger partial charge in [-0.3, -0.25) is 5.43 Å². The van der Waals surface area contributed by atoms with Crippen LogP contribution in [0, 0.1) is 18.3 Å². The summed E-state index contributed by atoms with van der Waals surface area (Å²) in [6.07, 6.45) is 3.07. The van der Waals surface area contributed by atoms with Crippen LogP contribution in [0.5, 0.6) is 11.5 Å². The molecule has 148 valence electrons. The van der Waals surface area contributed by atoms with Crippen molar-refractivity contribution in [1.29, 1.82) is 5.26 Å². The van der Waals surface area contributed by atoms with E-state index in [-0.39, 0.29) is 5.75 Å². The van der Waals surface area contributed by atoms with Crippen LogP contribution in [0.25, 0.3) is 20.7 Å². The molecule has 8 heteroatoms. The summed E-state index contributed by atoms with van der Waals surface area (Å²) in [5, 5.41) is 23.6. The first kappa shape index (κ1) is 19.4. The zero-order valence-corrected chi connectivity index (χ0v) is 17.1. The molecule has 0 unspecified atom stereocenters. The summed E-state index contributed by atoms with van der Waals surface area (Å²) in [7, 11) is 1.50. The van der Waals surface area contributed by atoms with E-state index >= 15 is 0 Å². The van der Waals surface area contributed by atoms with Gasteiger partial charge in [0.2, 0.25) is 0 Å². The molecule has 2 heterocycles. The third-order valence-electron chi connectivity index (χ3n) is 4.58. The van der Waals surface area contributed by atoms with Crippen LogP contribution in [0.1, 0.15) is 16.7 Å². The lowest BCUT2D eigenvalue weighted by Crippen LogP contribution is -1.95. The van der Waals surface area contributed by atoms with E-state index in [9.17, 15) is 10.4 Å². The van der Waals surface area contributed by atoms with Gasteiger partial charge in [-0.15, -0.1) is 11.3 Å². The number of thiophene rings is 1. The highest BCUT2D eigenvalue weighted by atomic mass is 32.1. The predicted molar refractivity (Wildman–Crippen MR) is 118 cm³/mol. The SMILES string of the molecule is COc1ccc(C=NNc2ncnc3c(C)c(-c4ccccc4C#N)sc23)cc1O. The number of hydrogen-bond acceptors (Lipinski definition) is 8. The zero-order valence-electron chi connectivity index (χ0n) is 16.2. The number of aryl methyl sites for hydroxylation is 1. The molecule has 7 nitrogen and oxygen atoms in total. The maximum Gasteiger partial charge on any atom is 0.167 e. The zero-order chi connectivity index (χ0) is 21.1. The molecule has 0 aliphatic carbocycles. The molecule has 4 aromatic rings. The van der Waals surface area contributed by atoms with Crippen LogP contribution in [0.4, 0.5) is 5.82 Å². The topological polar surface area (TPSA) is 103 Å². The molecule has 0 bridgehead atoms. The number of anilines is 1. The van der Waals surface area contributed by atoms with Crippen molar-refractivity contribution in [1.82, 2.24) is 9.97 Å². The number of nitrogens with one attached hydrogen (secondary N) is 1. The Bertz CT molecular complexity index is 1310. The number of benzene rings is 2. The first-order valence-electron chi connectivity index (χ1n) is 9.02. The highest BCUT2D eigenvalue weighted by Gasteiger charge is 2.17. The maximum atomic E-state index is 9.88. The Hall–Kier alpha value is -3.96. The molecule has 2 aromatic carbocycles. The Labute approximate surface area is 176 Å². The number of hydrogen-bond donors (Lipinski definition) is 2. The molecule has 0 aliphatic rings. The van der Waals surface area contributed by atoms with Gasteiger partial charge in [-0.25, -0.2) is 9.97 Å². The molecular formula is C22H17N5O2S. The number of phenols is 1. The molecule has 0 aliphatic heterocycles. The van der Waals surface area contributed by atoms with Crippen LogP contribution in [0.3, 0.4) is 0 Å². The van der Waals surface area contributed by atoms with Crippen molar-refractivity contribution in [2.75, 3.05) is 12.5 Å². The smallest absolute Gasteiger partial charge is 0.167 e. The number of methoxy groups -OCH3 is 1. The van der Waals surface area contributed by atoms with E-state index in [1.807, 2.05) is 25.1 Å². The third kappa shape index (κ3) is 3.54. The summed E-state index contributed by atoms with van der Waals surface area (Å²) >= 11 is 1.52. The monoisotopic (exact) mass is 415 g/mol. The molecule has 0 radical (unpaired) electrons. The van der Waals surface area contributed by atoms with Crippen molar-refractivity contribution < 1.29 is 9.84 Å². The fraction of sp³-hybridized carbons (Fsp3) is 0.0909. The van der Waals surface area contributed by atoms with Crippen LogP contribution < -0.4 is 10.2 Å². The van der Waals surface area contributed by atoms with Crippen molar-refractivity contribution in [2.45, 2.75) is 6.92 Å². The van der Waals surface area contributed by atoms with Crippen molar-refractivity contribution in [3.8, 4) is 28.0 Å². The maximum absolute atomic E-state index is 9.88. The van der Waals surface area contributed by atoms with Gasteiger partial charge < -0.3 is 9.84 Å². The van der Waals surface area contributed by atoms with E-state index < -0.39 is 0 Å². The van der Waals surface area contributed by atoms with E-state index in [0.29, 0.717) is 22.7 Å². The van der Waals surface area contributed by atoms with Gasteiger partial charge in [0.1, 0.15) is 6.33 Å². The van der Waals surface area contributed by atoms with Gasteiger partial charge >= 0.3 is 0 Å². The summed E-state index contributed by atoms with van der Waals surface area (Å²) in [5.41, 5.74) is 6.97. The van der Waals surface area contributed by atoms with Gasteiger partial charge in [-0.1, -0.05) is 18.2 Å². The number of nitrogens with zero attached hydrogens (tertiary/aromatic N) is 4. The first-order chi connectivity index (χ1) is 14.6. The molecule has 0 spiro atoms. The van der Waals surface area contributed by atoms with E-state index in [1.165, 1.54) is 24.8 Å². The Morgan fingerprint density at radius 1 is 1.23 bits per heavy atom. The Morgan fingerprint density at radius 2 is 2.07 bits per heavy atom. The molecule has 0 fully saturated rings. The van der Waals surface area contributed by atoms with Crippen LogP contribution in [-0.2, 0) is 0 Å². The Kier molecular flexibility index (Phi) is 5.28. The summed E-state index contributed by atoms with van der Waals surface area (Å²) in [6.45, 7) is 1.99.